The molecule has 0 rings (SSSR count). The van der Waals surface area contributed by atoms with Crippen molar-refractivity contribution in [3.8, 4) is 0 Å². The lowest BCUT2D eigenvalue weighted by molar-refractivity contribution is -0.152. The number of carbonyl (C=O) groups is 1. The molecule has 0 bridgehead atoms. The third-order valence-corrected chi connectivity index (χ3v) is 4.37. The van der Waals surface area contributed by atoms with Gasteiger partial charge in [0.1, 0.15) is 10.5 Å². The van der Waals surface area contributed by atoms with Crippen molar-refractivity contribution in [2.45, 2.75) is 47.1 Å². The van der Waals surface area contributed by atoms with Crippen LogP contribution in [-0.4, -0.2) is 27.2 Å². The zero-order valence-corrected chi connectivity index (χ0v) is 12.9. The molecule has 0 fully saturated rings. The average Bonchev–Trinajstić information content (AvgIpc) is 2.00. The zero-order valence-electron chi connectivity index (χ0n) is 10.9. The van der Waals surface area contributed by atoms with Crippen molar-refractivity contribution in [2.24, 2.45) is 17.3 Å². The molecule has 2 atom stereocenters. The number of rotatable bonds is 4. The second kappa shape index (κ2) is 4.66. The largest absolute Gasteiger partial charge is 0.481 e. The molecule has 0 radical (unpaired) electrons. The Hall–Kier alpha value is -0.353. The molecule has 4 heteroatoms. The molecule has 0 aromatic rings. The Bertz CT molecular complexity index is 230. The van der Waals surface area contributed by atoms with Gasteiger partial charge in [0.25, 0.3) is 0 Å². The first-order valence-electron chi connectivity index (χ1n) is 5.32. The molecule has 90 valence electrons. The lowest BCUT2D eigenvalue weighted by Gasteiger charge is -2.40. The number of hydrogen-bond donors (Lipinski definition) is 1. The molecule has 0 aromatic carbocycles. The molecular formula is C11H24O3Si. The van der Waals surface area contributed by atoms with Gasteiger partial charge in [0.15, 0.2) is 0 Å². The maximum absolute atomic E-state index is 11.3. The minimum atomic E-state index is -0.734. The number of carboxylic acid groups (broad SMARTS) is 1. The van der Waals surface area contributed by atoms with Crippen molar-refractivity contribution in [1.82, 2.24) is 0 Å². The van der Waals surface area contributed by atoms with E-state index in [9.17, 15) is 9.90 Å². The van der Waals surface area contributed by atoms with Gasteiger partial charge in [-0.15, -0.1) is 0 Å². The Labute approximate surface area is 95.8 Å². The first-order chi connectivity index (χ1) is 6.54. The lowest BCUT2D eigenvalue weighted by Crippen LogP contribution is -2.45. The van der Waals surface area contributed by atoms with Crippen LogP contribution < -0.4 is 0 Å². The highest BCUT2D eigenvalue weighted by Gasteiger charge is 2.42. The van der Waals surface area contributed by atoms with E-state index in [0.29, 0.717) is 10.5 Å². The minimum absolute atomic E-state index is 0.00694. The fraction of sp³-hybridized carbons (Fsp3) is 0.909. The standard InChI is InChI=1S/C11H24O3Si/c1-7(11(5,6)14-15)8(9(12)13)10(2,3)4/h7-8H,1-6,15H3,(H,12,13)/t7?,8-/m1/s1. The van der Waals surface area contributed by atoms with Gasteiger partial charge in [0.2, 0.25) is 0 Å². The van der Waals surface area contributed by atoms with Gasteiger partial charge in [0, 0.05) is 0 Å². The Morgan fingerprint density at radius 2 is 1.67 bits per heavy atom. The second-order valence-corrected chi connectivity index (χ2v) is 6.19. The van der Waals surface area contributed by atoms with Crippen LogP contribution in [0.4, 0.5) is 0 Å². The molecular weight excluding hydrogens is 208 g/mol. The summed E-state index contributed by atoms with van der Waals surface area (Å²) in [5, 5.41) is 9.29. The number of aliphatic carboxylic acids is 1. The SMILES string of the molecule is CC([C@H](C(=O)O)C(C)(C)C)C(C)(C)O[SiH3]. The molecule has 0 aliphatic heterocycles. The molecule has 0 amide bonds. The predicted molar refractivity (Wildman–Crippen MR) is 64.8 cm³/mol. The Morgan fingerprint density at radius 1 is 1.27 bits per heavy atom. The van der Waals surface area contributed by atoms with E-state index in [0.717, 1.165) is 0 Å². The van der Waals surface area contributed by atoms with Crippen LogP contribution in [-0.2, 0) is 9.22 Å². The minimum Gasteiger partial charge on any atom is -0.481 e. The third-order valence-electron chi connectivity index (χ3n) is 3.32. The molecule has 0 aliphatic rings. The fourth-order valence-electron chi connectivity index (χ4n) is 1.92. The average molecular weight is 232 g/mol. The Balaban J connectivity index is 5.04. The highest BCUT2D eigenvalue weighted by atomic mass is 28.2. The Morgan fingerprint density at radius 3 is 1.87 bits per heavy atom. The van der Waals surface area contributed by atoms with Crippen molar-refractivity contribution >= 4 is 16.5 Å². The van der Waals surface area contributed by atoms with E-state index in [1.54, 1.807) is 0 Å². The van der Waals surface area contributed by atoms with Crippen molar-refractivity contribution < 1.29 is 14.3 Å². The second-order valence-electron chi connectivity index (χ2n) is 5.78. The van der Waals surface area contributed by atoms with Crippen molar-refractivity contribution in [1.29, 1.82) is 0 Å². The number of carboxylic acids is 1. The van der Waals surface area contributed by atoms with E-state index in [1.807, 2.05) is 41.5 Å². The maximum Gasteiger partial charge on any atom is 0.307 e. The van der Waals surface area contributed by atoms with Gasteiger partial charge in [0.05, 0.1) is 11.5 Å². The van der Waals surface area contributed by atoms with Crippen LogP contribution in [0.3, 0.4) is 0 Å². The molecule has 3 nitrogen and oxygen atoms in total. The number of hydrogen-bond acceptors (Lipinski definition) is 2. The predicted octanol–water partition coefficient (Wildman–Crippen LogP) is 1.44. The molecule has 1 N–H and O–H groups in total. The van der Waals surface area contributed by atoms with E-state index in [-0.39, 0.29) is 22.9 Å². The lowest BCUT2D eigenvalue weighted by atomic mass is 9.69. The molecule has 0 heterocycles. The normalized spacial score (nSPS) is 17.5. The molecule has 0 aromatic heterocycles. The Kier molecular flexibility index (Phi) is 4.55. The summed E-state index contributed by atoms with van der Waals surface area (Å²) < 4.78 is 5.50. The third kappa shape index (κ3) is 3.61. The molecule has 1 unspecified atom stereocenters. The van der Waals surface area contributed by atoms with Crippen LogP contribution in [0.5, 0.6) is 0 Å². The fourth-order valence-corrected chi connectivity index (χ4v) is 2.29. The quantitative estimate of drug-likeness (QED) is 0.746. The molecule has 0 saturated heterocycles. The van der Waals surface area contributed by atoms with Gasteiger partial charge in [-0.2, -0.15) is 0 Å². The smallest absolute Gasteiger partial charge is 0.307 e. The summed E-state index contributed by atoms with van der Waals surface area (Å²) in [6, 6.07) is 0. The monoisotopic (exact) mass is 232 g/mol. The zero-order chi connectivity index (χ0) is 12.4. The summed E-state index contributed by atoms with van der Waals surface area (Å²) in [6.07, 6.45) is 0. The molecule has 0 spiro atoms. The van der Waals surface area contributed by atoms with Crippen molar-refractivity contribution in [2.75, 3.05) is 0 Å². The van der Waals surface area contributed by atoms with E-state index >= 15 is 0 Å². The van der Waals surface area contributed by atoms with Crippen LogP contribution in [0.1, 0.15) is 41.5 Å². The maximum atomic E-state index is 11.3. The van der Waals surface area contributed by atoms with E-state index in [2.05, 4.69) is 0 Å². The van der Waals surface area contributed by atoms with Crippen molar-refractivity contribution in [3.05, 3.63) is 0 Å². The van der Waals surface area contributed by atoms with Crippen LogP contribution in [0.15, 0.2) is 0 Å². The van der Waals surface area contributed by atoms with E-state index < -0.39 is 5.97 Å². The van der Waals surface area contributed by atoms with Crippen LogP contribution in [0.25, 0.3) is 0 Å². The molecule has 0 saturated carbocycles. The molecule has 15 heavy (non-hydrogen) atoms. The summed E-state index contributed by atoms with van der Waals surface area (Å²) in [5.41, 5.74) is -0.606. The van der Waals surface area contributed by atoms with E-state index in [1.165, 1.54) is 0 Å². The van der Waals surface area contributed by atoms with Crippen LogP contribution >= 0.6 is 0 Å². The summed E-state index contributed by atoms with van der Waals surface area (Å²) in [5.74, 6) is -1.13. The van der Waals surface area contributed by atoms with E-state index in [4.69, 9.17) is 4.43 Å². The topological polar surface area (TPSA) is 46.5 Å². The van der Waals surface area contributed by atoms with Gasteiger partial charge < -0.3 is 9.53 Å². The molecule has 0 aliphatic carbocycles. The first-order valence-corrected chi connectivity index (χ1v) is 6.13. The van der Waals surface area contributed by atoms with Gasteiger partial charge in [-0.3, -0.25) is 4.79 Å². The summed E-state index contributed by atoms with van der Waals surface area (Å²) in [6.45, 7) is 11.8. The summed E-state index contributed by atoms with van der Waals surface area (Å²) in [7, 11) is 0.631. The summed E-state index contributed by atoms with van der Waals surface area (Å²) >= 11 is 0. The first kappa shape index (κ1) is 14.6. The summed E-state index contributed by atoms with van der Waals surface area (Å²) in [4.78, 5) is 11.3. The van der Waals surface area contributed by atoms with Crippen LogP contribution in [0, 0.1) is 17.3 Å². The van der Waals surface area contributed by atoms with Gasteiger partial charge in [-0.25, -0.2) is 0 Å². The van der Waals surface area contributed by atoms with Gasteiger partial charge in [-0.05, 0) is 25.2 Å². The van der Waals surface area contributed by atoms with Crippen LogP contribution in [0.2, 0.25) is 0 Å². The van der Waals surface area contributed by atoms with Crippen molar-refractivity contribution in [3.63, 3.8) is 0 Å². The van der Waals surface area contributed by atoms with Gasteiger partial charge in [-0.1, -0.05) is 27.7 Å². The highest BCUT2D eigenvalue weighted by Crippen LogP contribution is 2.38. The highest BCUT2D eigenvalue weighted by molar-refractivity contribution is 5.98. The van der Waals surface area contributed by atoms with Gasteiger partial charge >= 0.3 is 5.97 Å².